The van der Waals surface area contributed by atoms with Crippen LogP contribution in [0.25, 0.3) is 27.8 Å². The summed E-state index contributed by atoms with van der Waals surface area (Å²) >= 11 is 2.11. The van der Waals surface area contributed by atoms with Crippen LogP contribution in [0.5, 0.6) is 0 Å². The van der Waals surface area contributed by atoms with Crippen molar-refractivity contribution in [2.45, 2.75) is 113 Å². The lowest BCUT2D eigenvalue weighted by atomic mass is 9.72. The molecule has 1 saturated carbocycles. The minimum Gasteiger partial charge on any atom is -0.344 e. The van der Waals surface area contributed by atoms with Gasteiger partial charge in [0.05, 0.1) is 0 Å². The molecule has 0 radical (unpaired) electrons. The van der Waals surface area contributed by atoms with Crippen molar-refractivity contribution in [2.75, 3.05) is 0 Å². The van der Waals surface area contributed by atoms with Gasteiger partial charge in [-0.05, 0) is 126 Å². The van der Waals surface area contributed by atoms with Gasteiger partial charge in [-0.2, -0.15) is 0 Å². The molecule has 8 atom stereocenters. The summed E-state index contributed by atoms with van der Waals surface area (Å²) in [6, 6.07) is 27.1. The van der Waals surface area contributed by atoms with Gasteiger partial charge in [-0.15, -0.1) is 11.8 Å². The Labute approximate surface area is 408 Å². The Hall–Kier alpha value is -5.75. The fraction of sp³-hybridized carbons (Fsp3) is 0.333. The zero-order valence-corrected chi connectivity index (χ0v) is 39.9. The van der Waals surface area contributed by atoms with Crippen LogP contribution in [0.4, 0.5) is 0 Å². The van der Waals surface area contributed by atoms with Gasteiger partial charge < -0.3 is 5.32 Å². The molecule has 68 heavy (non-hydrogen) atoms. The van der Waals surface area contributed by atoms with Crippen molar-refractivity contribution >= 4 is 29.0 Å². The number of nitrogens with one attached hydrogen (secondary N) is 1. The molecule has 0 amide bonds. The molecule has 1 N–H and O–H groups in total. The van der Waals surface area contributed by atoms with E-state index in [1.165, 1.54) is 99.9 Å². The van der Waals surface area contributed by atoms with Gasteiger partial charge in [-0.1, -0.05) is 177 Å². The SMILES string of the molecule is C1=CCC(C2=NC(c3cc(-c4ccc(-c5ccccc5)c(C5C=CC=CC5)c4)ccc3C3=CC=CC4SC5=C(C34)C3C(C=C5)C4=CC=CCC4N3C3CCCCC3)NC(C3=CCCCC3)=N2)C=C1. The van der Waals surface area contributed by atoms with Crippen molar-refractivity contribution in [1.82, 2.24) is 10.2 Å². The number of fused-ring (bicyclic) bond motifs is 6. The molecule has 5 heteroatoms. The van der Waals surface area contributed by atoms with E-state index < -0.39 is 0 Å². The van der Waals surface area contributed by atoms with Crippen molar-refractivity contribution in [3.63, 3.8) is 0 Å². The normalized spacial score (nSPS) is 30.4. The zero-order chi connectivity index (χ0) is 45.0. The van der Waals surface area contributed by atoms with E-state index >= 15 is 0 Å². The molecular weight excluding hydrogens is 845 g/mol. The Kier molecular flexibility index (Phi) is 11.4. The van der Waals surface area contributed by atoms with Crippen molar-refractivity contribution in [2.24, 2.45) is 27.7 Å². The average molecular weight is 907 g/mol. The highest BCUT2D eigenvalue weighted by molar-refractivity contribution is 8.04. The minimum absolute atomic E-state index is 0.146. The molecule has 1 saturated heterocycles. The molecule has 0 aromatic heterocycles. The van der Waals surface area contributed by atoms with Gasteiger partial charge in [0.15, 0.2) is 0 Å². The summed E-state index contributed by atoms with van der Waals surface area (Å²) in [5.41, 5.74) is 15.1. The van der Waals surface area contributed by atoms with Crippen LogP contribution in [0.2, 0.25) is 0 Å². The van der Waals surface area contributed by atoms with Gasteiger partial charge in [-0.3, -0.25) is 4.90 Å². The standard InChI is InChI=1S/C63H62N4S/c1-6-19-41(20-7-1)48-35-33-45(39-53(48)42-21-8-2-9-22-42)46-34-36-49(54(40-46)63-65-61(43-23-10-3-11-24-43)64-62(66-63)44-25-12-4-13-26-44)51-30-18-32-56-58(51)59-57(68-56)38-37-52-50-29-16-17-31-55(50)67(60(52)59)47-27-14-5-15-28-47/h1-3,6-11,16-21,23,25,29-30,32-40,42-43,47,52,55-56,58,60,63H,4-5,12-15,22,24,26-28,31H2,(H,64,65,66). The van der Waals surface area contributed by atoms with Crippen molar-refractivity contribution in [3.8, 4) is 22.3 Å². The first-order valence-electron chi connectivity index (χ1n) is 26.0. The molecule has 8 unspecified atom stereocenters. The number of allylic oxidation sites excluding steroid dienone is 14. The summed E-state index contributed by atoms with van der Waals surface area (Å²) in [5.74, 6) is 3.11. The quantitative estimate of drug-likeness (QED) is 0.245. The summed E-state index contributed by atoms with van der Waals surface area (Å²) in [6.07, 6.45) is 54.3. The van der Waals surface area contributed by atoms with Gasteiger partial charge >= 0.3 is 0 Å². The van der Waals surface area contributed by atoms with E-state index in [-0.39, 0.29) is 18.0 Å². The molecule has 3 heterocycles. The van der Waals surface area contributed by atoms with E-state index in [4.69, 9.17) is 9.98 Å². The molecule has 2 fully saturated rings. The van der Waals surface area contributed by atoms with Crippen LogP contribution in [0, 0.1) is 17.8 Å². The maximum absolute atomic E-state index is 5.69. The topological polar surface area (TPSA) is 40.0 Å². The second-order valence-electron chi connectivity index (χ2n) is 20.6. The maximum Gasteiger partial charge on any atom is 0.148 e. The fourth-order valence-corrected chi connectivity index (χ4v) is 14.8. The van der Waals surface area contributed by atoms with Gasteiger partial charge in [0, 0.05) is 57.5 Å². The third-order valence-corrected chi connectivity index (χ3v) is 18.0. The summed E-state index contributed by atoms with van der Waals surface area (Å²) in [7, 11) is 0. The van der Waals surface area contributed by atoms with Gasteiger partial charge in [0.25, 0.3) is 0 Å². The maximum atomic E-state index is 5.69. The van der Waals surface area contributed by atoms with E-state index in [1.807, 2.05) is 0 Å². The average Bonchev–Trinajstić information content (AvgIpc) is 3.98. The lowest BCUT2D eigenvalue weighted by Gasteiger charge is -2.43. The van der Waals surface area contributed by atoms with Crippen LogP contribution in [0.3, 0.4) is 0 Å². The predicted octanol–water partition coefficient (Wildman–Crippen LogP) is 15.0. The molecule has 4 nitrogen and oxygen atoms in total. The lowest BCUT2D eigenvalue weighted by Crippen LogP contribution is -2.48. The number of thioether (sulfide) groups is 1. The van der Waals surface area contributed by atoms with Crippen molar-refractivity contribution in [1.29, 1.82) is 0 Å². The molecule has 3 aromatic rings. The largest absolute Gasteiger partial charge is 0.344 e. The molecule has 13 rings (SSSR count). The third-order valence-electron chi connectivity index (χ3n) is 16.6. The second kappa shape index (κ2) is 18.3. The van der Waals surface area contributed by atoms with Gasteiger partial charge in [0.1, 0.15) is 17.8 Å². The number of rotatable bonds is 8. The van der Waals surface area contributed by atoms with Crippen LogP contribution >= 0.6 is 11.8 Å². The van der Waals surface area contributed by atoms with E-state index in [0.29, 0.717) is 35.2 Å². The lowest BCUT2D eigenvalue weighted by molar-refractivity contribution is 0.109. The molecule has 3 aromatic carbocycles. The zero-order valence-electron chi connectivity index (χ0n) is 39.1. The monoisotopic (exact) mass is 906 g/mol. The summed E-state index contributed by atoms with van der Waals surface area (Å²) < 4.78 is 0. The van der Waals surface area contributed by atoms with Crippen LogP contribution in [0.1, 0.15) is 106 Å². The smallest absolute Gasteiger partial charge is 0.148 e. The molecule has 10 aliphatic rings. The Balaban J connectivity index is 0.960. The molecule has 7 aliphatic carbocycles. The van der Waals surface area contributed by atoms with Crippen LogP contribution in [-0.4, -0.2) is 39.9 Å². The predicted molar refractivity (Wildman–Crippen MR) is 286 cm³/mol. The van der Waals surface area contributed by atoms with E-state index in [0.717, 1.165) is 43.8 Å². The first kappa shape index (κ1) is 42.4. The number of hydrogen-bond acceptors (Lipinski definition) is 5. The highest BCUT2D eigenvalue weighted by Gasteiger charge is 2.54. The van der Waals surface area contributed by atoms with Crippen LogP contribution in [-0.2, 0) is 0 Å². The highest BCUT2D eigenvalue weighted by atomic mass is 32.2. The fourth-order valence-electron chi connectivity index (χ4n) is 13.4. The Morgan fingerprint density at radius 1 is 0.662 bits per heavy atom. The first-order valence-corrected chi connectivity index (χ1v) is 26.9. The Bertz CT molecular complexity index is 2920. The Morgan fingerprint density at radius 3 is 2.25 bits per heavy atom. The minimum atomic E-state index is -0.292. The number of benzene rings is 3. The third kappa shape index (κ3) is 7.65. The molecular formula is C63H62N4S. The number of likely N-dealkylation sites (tertiary alicyclic amines) is 1. The molecule has 3 aliphatic heterocycles. The number of amidine groups is 2. The summed E-state index contributed by atoms with van der Waals surface area (Å²) in [6.45, 7) is 0. The number of nitrogens with zero attached hydrogens (tertiary/aromatic N) is 3. The van der Waals surface area contributed by atoms with Gasteiger partial charge in [0.2, 0.25) is 0 Å². The van der Waals surface area contributed by atoms with E-state index in [2.05, 4.69) is 192 Å². The summed E-state index contributed by atoms with van der Waals surface area (Å²) in [5, 5.41) is 4.39. The number of aliphatic imine (C=N–C) groups is 2. The second-order valence-corrected chi connectivity index (χ2v) is 21.8. The van der Waals surface area contributed by atoms with Crippen LogP contribution < -0.4 is 5.32 Å². The van der Waals surface area contributed by atoms with E-state index in [1.54, 1.807) is 11.1 Å². The first-order chi connectivity index (χ1) is 33.7. The number of hydrogen-bond donors (Lipinski definition) is 1. The Morgan fingerprint density at radius 2 is 1.46 bits per heavy atom. The van der Waals surface area contributed by atoms with Crippen molar-refractivity contribution < 1.29 is 0 Å². The highest BCUT2D eigenvalue weighted by Crippen LogP contribution is 2.60. The molecule has 340 valence electrons. The molecule has 0 spiro atoms. The van der Waals surface area contributed by atoms with Crippen LogP contribution in [0.15, 0.2) is 202 Å². The van der Waals surface area contributed by atoms with Crippen molar-refractivity contribution in [3.05, 3.63) is 208 Å². The van der Waals surface area contributed by atoms with E-state index in [9.17, 15) is 0 Å². The summed E-state index contributed by atoms with van der Waals surface area (Å²) in [4.78, 5) is 15.6. The molecule has 0 bridgehead atoms. The van der Waals surface area contributed by atoms with Gasteiger partial charge in [-0.25, -0.2) is 9.98 Å².